The van der Waals surface area contributed by atoms with Gasteiger partial charge in [-0.2, -0.15) is 13.2 Å². The lowest BCUT2D eigenvalue weighted by Gasteiger charge is -2.15. The van der Waals surface area contributed by atoms with Crippen molar-refractivity contribution >= 4 is 17.7 Å². The molecule has 0 aromatic heterocycles. The molecule has 1 aromatic rings. The zero-order valence-electron chi connectivity index (χ0n) is 10.7. The van der Waals surface area contributed by atoms with E-state index in [2.05, 4.69) is 0 Å². The van der Waals surface area contributed by atoms with Gasteiger partial charge >= 0.3 is 18.1 Å². The molecule has 1 amide bonds. The maximum Gasteiger partial charge on any atom is 0.471 e. The highest BCUT2D eigenvalue weighted by atomic mass is 19.4. The van der Waals surface area contributed by atoms with Crippen molar-refractivity contribution in [3.63, 3.8) is 0 Å². The van der Waals surface area contributed by atoms with Crippen LogP contribution in [0.5, 0.6) is 0 Å². The molecule has 0 saturated carbocycles. The van der Waals surface area contributed by atoms with Crippen LogP contribution in [-0.4, -0.2) is 35.0 Å². The Hall–Kier alpha value is -2.38. The van der Waals surface area contributed by atoms with Crippen LogP contribution in [0.2, 0.25) is 0 Å². The number of amides is 1. The van der Waals surface area contributed by atoms with Gasteiger partial charge in [0.15, 0.2) is 5.78 Å². The van der Waals surface area contributed by atoms with Crippen LogP contribution in [0, 0.1) is 0 Å². The van der Waals surface area contributed by atoms with Gasteiger partial charge in [0.25, 0.3) is 0 Å². The summed E-state index contributed by atoms with van der Waals surface area (Å²) in [5.74, 6) is -4.39. The van der Waals surface area contributed by atoms with Crippen LogP contribution in [0.3, 0.4) is 0 Å². The lowest BCUT2D eigenvalue weighted by atomic mass is 10.0. The van der Waals surface area contributed by atoms with E-state index in [4.69, 9.17) is 5.11 Å². The molecule has 0 aliphatic carbocycles. The zero-order chi connectivity index (χ0) is 16.0. The second-order valence-electron chi connectivity index (χ2n) is 4.19. The van der Waals surface area contributed by atoms with Gasteiger partial charge in [-0.05, 0) is 6.42 Å². The standard InChI is InChI=1S/C13H12F3NO4/c14-13(15,16)12(21)17-9(11(19)20)6-7-10(18)8-4-2-1-3-5-8/h1-5,9H,6-7H2,(H,17,21)(H,19,20). The molecule has 21 heavy (non-hydrogen) atoms. The number of carbonyl (C=O) groups excluding carboxylic acids is 2. The number of halogens is 3. The molecule has 2 N–H and O–H groups in total. The molecule has 0 spiro atoms. The summed E-state index contributed by atoms with van der Waals surface area (Å²) in [5, 5.41) is 10.1. The zero-order valence-corrected chi connectivity index (χ0v) is 10.7. The minimum Gasteiger partial charge on any atom is -0.480 e. The molecule has 0 saturated heterocycles. The van der Waals surface area contributed by atoms with Crippen molar-refractivity contribution in [3.8, 4) is 0 Å². The second kappa shape index (κ2) is 6.87. The molecule has 0 fully saturated rings. The predicted octanol–water partition coefficient (Wildman–Crippen LogP) is 1.78. The lowest BCUT2D eigenvalue weighted by molar-refractivity contribution is -0.175. The summed E-state index contributed by atoms with van der Waals surface area (Å²) < 4.78 is 36.2. The predicted molar refractivity (Wildman–Crippen MR) is 65.6 cm³/mol. The van der Waals surface area contributed by atoms with E-state index in [-0.39, 0.29) is 6.42 Å². The first-order valence-corrected chi connectivity index (χ1v) is 5.90. The summed E-state index contributed by atoms with van der Waals surface area (Å²) in [4.78, 5) is 33.3. The van der Waals surface area contributed by atoms with E-state index in [1.54, 1.807) is 18.2 Å². The number of hydrogen-bond donors (Lipinski definition) is 2. The monoisotopic (exact) mass is 303 g/mol. The van der Waals surface area contributed by atoms with Gasteiger partial charge in [0.1, 0.15) is 6.04 Å². The first kappa shape index (κ1) is 16.7. The largest absolute Gasteiger partial charge is 0.480 e. The van der Waals surface area contributed by atoms with Crippen molar-refractivity contribution in [1.29, 1.82) is 0 Å². The molecule has 0 aliphatic heterocycles. The fourth-order valence-electron chi connectivity index (χ4n) is 1.54. The van der Waals surface area contributed by atoms with E-state index in [1.165, 1.54) is 17.4 Å². The van der Waals surface area contributed by atoms with Gasteiger partial charge in [0.05, 0.1) is 0 Å². The SMILES string of the molecule is O=C(CCC(NC(=O)C(F)(F)F)C(=O)O)c1ccccc1. The number of rotatable bonds is 6. The Bertz CT molecular complexity index is 528. The highest BCUT2D eigenvalue weighted by Gasteiger charge is 2.40. The molecule has 1 rings (SSSR count). The van der Waals surface area contributed by atoms with Gasteiger partial charge < -0.3 is 10.4 Å². The Morgan fingerprint density at radius 2 is 1.71 bits per heavy atom. The third-order valence-corrected chi connectivity index (χ3v) is 2.62. The molecule has 1 unspecified atom stereocenters. The van der Waals surface area contributed by atoms with Crippen LogP contribution in [0.15, 0.2) is 30.3 Å². The smallest absolute Gasteiger partial charge is 0.471 e. The van der Waals surface area contributed by atoms with Crippen LogP contribution in [-0.2, 0) is 9.59 Å². The second-order valence-corrected chi connectivity index (χ2v) is 4.19. The van der Waals surface area contributed by atoms with Crippen molar-refractivity contribution in [2.24, 2.45) is 0 Å². The Kier molecular flexibility index (Phi) is 5.45. The van der Waals surface area contributed by atoms with Crippen LogP contribution < -0.4 is 5.32 Å². The normalized spacial score (nSPS) is 12.5. The summed E-state index contributed by atoms with van der Waals surface area (Å²) in [6, 6.07) is 6.13. The van der Waals surface area contributed by atoms with Gasteiger partial charge in [0, 0.05) is 12.0 Å². The van der Waals surface area contributed by atoms with Crippen LogP contribution in [0.1, 0.15) is 23.2 Å². The Morgan fingerprint density at radius 3 is 2.19 bits per heavy atom. The number of ketones is 1. The number of benzene rings is 1. The highest BCUT2D eigenvalue weighted by molar-refractivity contribution is 5.96. The lowest BCUT2D eigenvalue weighted by Crippen LogP contribution is -2.47. The number of nitrogens with one attached hydrogen (secondary N) is 1. The molecule has 1 aromatic carbocycles. The quantitative estimate of drug-likeness (QED) is 0.785. The number of carboxylic acids is 1. The number of carboxylic acid groups (broad SMARTS) is 1. The van der Waals surface area contributed by atoms with Crippen LogP contribution in [0.25, 0.3) is 0 Å². The van der Waals surface area contributed by atoms with Crippen molar-refractivity contribution in [2.45, 2.75) is 25.1 Å². The molecule has 0 radical (unpaired) electrons. The number of alkyl halides is 3. The molecule has 0 aliphatic rings. The Labute approximate surface area is 117 Å². The van der Waals surface area contributed by atoms with Crippen molar-refractivity contribution < 1.29 is 32.7 Å². The molecular weight excluding hydrogens is 291 g/mol. The summed E-state index contributed by atoms with van der Waals surface area (Å²) in [7, 11) is 0. The maximum absolute atomic E-state index is 12.1. The van der Waals surface area contributed by atoms with Gasteiger partial charge in [-0.15, -0.1) is 0 Å². The van der Waals surface area contributed by atoms with E-state index >= 15 is 0 Å². The molecule has 0 heterocycles. The third kappa shape index (κ3) is 5.25. The average molecular weight is 303 g/mol. The van der Waals surface area contributed by atoms with E-state index in [0.717, 1.165) is 0 Å². The van der Waals surface area contributed by atoms with Crippen molar-refractivity contribution in [3.05, 3.63) is 35.9 Å². The Balaban J connectivity index is 2.62. The molecule has 0 bridgehead atoms. The summed E-state index contributed by atoms with van der Waals surface area (Å²) in [6.45, 7) is 0. The Morgan fingerprint density at radius 1 is 1.14 bits per heavy atom. The van der Waals surface area contributed by atoms with Gasteiger partial charge in [-0.25, -0.2) is 4.79 Å². The topological polar surface area (TPSA) is 83.5 Å². The maximum atomic E-state index is 12.1. The third-order valence-electron chi connectivity index (χ3n) is 2.62. The molecular formula is C13H12F3NO4. The number of carbonyl (C=O) groups is 3. The van der Waals surface area contributed by atoms with Gasteiger partial charge in [-0.3, -0.25) is 9.59 Å². The van der Waals surface area contributed by atoms with E-state index < -0.39 is 36.3 Å². The first-order chi connectivity index (χ1) is 9.71. The fraction of sp³-hybridized carbons (Fsp3) is 0.308. The average Bonchev–Trinajstić information content (AvgIpc) is 2.42. The van der Waals surface area contributed by atoms with Crippen LogP contribution in [0.4, 0.5) is 13.2 Å². The molecule has 114 valence electrons. The van der Waals surface area contributed by atoms with Crippen LogP contribution >= 0.6 is 0 Å². The highest BCUT2D eigenvalue weighted by Crippen LogP contribution is 2.15. The fourth-order valence-corrected chi connectivity index (χ4v) is 1.54. The minimum absolute atomic E-state index is 0.293. The van der Waals surface area contributed by atoms with Gasteiger partial charge in [-0.1, -0.05) is 30.3 Å². The molecule has 8 heteroatoms. The minimum atomic E-state index is -5.17. The van der Waals surface area contributed by atoms with Crippen molar-refractivity contribution in [1.82, 2.24) is 5.32 Å². The van der Waals surface area contributed by atoms with Crippen molar-refractivity contribution in [2.75, 3.05) is 0 Å². The van der Waals surface area contributed by atoms with E-state index in [9.17, 15) is 27.6 Å². The van der Waals surface area contributed by atoms with E-state index in [0.29, 0.717) is 5.56 Å². The van der Waals surface area contributed by atoms with E-state index in [1.807, 2.05) is 0 Å². The summed E-state index contributed by atoms with van der Waals surface area (Å²) >= 11 is 0. The summed E-state index contributed by atoms with van der Waals surface area (Å²) in [6.07, 6.45) is -5.89. The first-order valence-electron chi connectivity index (χ1n) is 5.90. The number of aliphatic carboxylic acids is 1. The van der Waals surface area contributed by atoms with Gasteiger partial charge in [0.2, 0.25) is 0 Å². The number of Topliss-reactive ketones (excluding diaryl/α,β-unsaturated/α-hetero) is 1. The molecule has 5 nitrogen and oxygen atoms in total. The molecule has 1 atom stereocenters. The number of hydrogen-bond acceptors (Lipinski definition) is 3. The summed E-state index contributed by atoms with van der Waals surface area (Å²) in [5.41, 5.74) is 0.323.